The van der Waals surface area contributed by atoms with E-state index >= 15 is 0 Å². The van der Waals surface area contributed by atoms with Crippen molar-refractivity contribution in [1.82, 2.24) is 14.1 Å². The van der Waals surface area contributed by atoms with Crippen LogP contribution < -0.4 is 14.1 Å². The first kappa shape index (κ1) is 36.7. The maximum atomic E-state index is 14.2. The number of nitrogens with one attached hydrogen (secondary N) is 3. The van der Waals surface area contributed by atoms with Gasteiger partial charge >= 0.3 is 94.8 Å². The van der Waals surface area contributed by atoms with Gasteiger partial charge in [0, 0.05) is 7.04 Å². The maximum Gasteiger partial charge on any atom is 0.397 e. The Morgan fingerprint density at radius 3 is 1.23 bits per heavy atom. The number of hydrogen-bond donors (Lipinski definition) is 19. The van der Waals surface area contributed by atoms with Crippen LogP contribution in [-0.4, -0.2) is 345 Å². The zero-order chi connectivity index (χ0) is 107. The van der Waals surface area contributed by atoms with E-state index in [4.69, 9.17) is 40.2 Å². The molecule has 0 saturated carbocycles. The topological polar surface area (TPSA) is 805 Å². The number of ether oxygens (including phenoxy) is 10. The summed E-state index contributed by atoms with van der Waals surface area (Å²) in [6, 6.07) is -19.9. The van der Waals surface area contributed by atoms with Gasteiger partial charge in [0.25, 0.3) is 0 Å². The van der Waals surface area contributed by atoms with Crippen LogP contribution in [0.3, 0.4) is 0 Å². The first-order valence-electron chi connectivity index (χ1n) is 40.4. The minimum atomic E-state index is -8.30. The van der Waals surface area contributed by atoms with Gasteiger partial charge in [-0.15, -0.1) is 0 Å². The van der Waals surface area contributed by atoms with Crippen molar-refractivity contribution in [3.05, 3.63) is 0 Å². The molecule has 0 amide bonds. The van der Waals surface area contributed by atoms with Gasteiger partial charge in [0.2, 0.25) is 8.59 Å². The smallest absolute Gasteiger partial charge is 0.397 e. The van der Waals surface area contributed by atoms with Gasteiger partial charge in [0.05, 0.1) is 66.3 Å². The molecule has 0 aromatic heterocycles. The SMILES string of the molecule is [2H]O[C@@]1([2H])[C@]([2H])(O[C@@]2([2H])O[C@]([2H])(C([2H])([2H])OS(=O)(=O)O)[C@@]([2H])(O[2H])[C@]([2H])(O[2H])[C@@]2([2H])N([2H])S(=O)(=O)O)[C@@]([2H])(C(=O)O)O[C@@]([2H])(O[C@@]2([2H])[C@]([2H])(OS(=O)(=O)O)[C@@]([2H])(N([2H])S(=O)(=O)O)[C@@]([2H])(O[C@@]3([2H])[C@]([2H])(O[2H])[C@@]([2H])(OS(=O)(=O)O)[C@]([2H])(O[C@@]4([2H])[C@]([2H])(O[2H])[C@@]([2H])(N([2H])S(=O)(=O)O)[C@@]([2H])(OC([2H])([2H])[2H])O[C@]4([2H])C([2H])([2H])OS(=O)(=O)O)O[C@@]3([2H])C(=O)O)O[C@]2([2H])C([2H])([2H])OS(=O)(=O)O)[C@@]1([2H])O[2H]. The Hall–Kier alpha value is -2.74. The Balaban J connectivity index is 2.22. The van der Waals surface area contributed by atoms with E-state index in [0.717, 1.165) is 0 Å². The van der Waals surface area contributed by atoms with Crippen molar-refractivity contribution in [3.63, 3.8) is 0 Å². The van der Waals surface area contributed by atoms with E-state index in [2.05, 4.69) is 98.9 Å². The summed E-state index contributed by atoms with van der Waals surface area (Å²) in [5.74, 6) is -8.65. The zero-order valence-corrected chi connectivity index (χ0v) is 47.0. The van der Waals surface area contributed by atoms with E-state index < -0.39 is 288 Å². The van der Waals surface area contributed by atoms with Crippen LogP contribution in [0, 0.1) is 0 Å². The maximum absolute atomic E-state index is 14.2. The quantitative estimate of drug-likeness (QED) is 0.0259. The summed E-state index contributed by atoms with van der Waals surface area (Å²) in [6.45, 7) is -18.6. The van der Waals surface area contributed by atoms with Crippen LogP contribution in [0.2, 0.25) is 4.24 Å². The van der Waals surface area contributed by atoms with Crippen LogP contribution in [0.1, 0.15) is 46.6 Å². The van der Waals surface area contributed by atoms with Crippen LogP contribution in [0.4, 0.5) is 0 Å². The lowest BCUT2D eigenvalue weighted by Gasteiger charge is -2.50. The number of carbonyl (C=O) groups is 2. The Morgan fingerprint density at radius 1 is 0.418 bits per heavy atom. The average molecular weight is 1550 g/mol. The van der Waals surface area contributed by atoms with E-state index in [1.54, 1.807) is 0 Å². The van der Waals surface area contributed by atoms with Crippen molar-refractivity contribution in [2.24, 2.45) is 0 Å². The van der Waals surface area contributed by atoms with Gasteiger partial charge in [-0.1, -0.05) is 0 Å². The number of aliphatic carboxylic acids is 2. The third-order valence-electron chi connectivity index (χ3n) is 8.02. The highest BCUT2D eigenvalue weighted by Gasteiger charge is 2.61. The van der Waals surface area contributed by atoms with E-state index in [1.807, 2.05) is 0 Å². The number of rotatable bonds is 36. The number of hydrogen-bond acceptors (Lipinski definition) is 39. The molecular weight excluding hydrogens is 1450 g/mol. The van der Waals surface area contributed by atoms with Crippen LogP contribution >= 0.6 is 0 Å². The Labute approximate surface area is 570 Å². The summed E-state index contributed by atoms with van der Waals surface area (Å²) in [7, 11) is -66.1. The highest BCUT2D eigenvalue weighted by atomic mass is 32.3. The average Bonchev–Trinajstić information content (AvgIpc) is 0.640. The fourth-order valence-electron chi connectivity index (χ4n) is 5.22. The lowest BCUT2D eigenvalue weighted by molar-refractivity contribution is -0.373. The molecule has 5 aliphatic heterocycles. The lowest BCUT2D eigenvalue weighted by atomic mass is 9.94. The molecule has 0 spiro atoms. The molecule has 0 radical (unpaired) electrons. The highest BCUT2D eigenvalue weighted by Crippen LogP contribution is 2.39. The molecule has 5 aliphatic rings. The summed E-state index contributed by atoms with van der Waals surface area (Å²) in [6.07, 6.45) is -148. The van der Waals surface area contributed by atoms with Crippen molar-refractivity contribution in [2.45, 2.75) is 153 Å². The monoisotopic (exact) mass is 1550 g/mol. The second kappa shape index (κ2) is 29.9. The predicted molar refractivity (Wildman–Crippen MR) is 262 cm³/mol. The second-order valence-electron chi connectivity index (χ2n) is 14.2. The van der Waals surface area contributed by atoms with E-state index in [-0.39, 0.29) is 0 Å². The van der Waals surface area contributed by atoms with E-state index in [9.17, 15) is 143 Å². The van der Waals surface area contributed by atoms with Gasteiger partial charge in [0.1, 0.15) is 107 Å². The molecule has 60 heteroatoms. The molecule has 0 aromatic carbocycles. The van der Waals surface area contributed by atoms with Crippen molar-refractivity contribution >= 4 is 94.8 Å². The molecule has 5 heterocycles. The molecular formula is C31H53N3O49S8. The molecule has 5 saturated heterocycles. The standard InChI is InChI=1S/C31H53N3O49S8/c1-69-27-9(33-85(48,49)50)13(37)17(6(74-27)3-71-88(57,58)59)76-31-22(83-91(66,67)68)16(40)21(24(81-31)26(43)44)79-29-10(34-86(51,52)53)19(82-90(63,64)65)18(7(75-29)4-72-89(60,61)62)77-30-15(39)14(38)20(23(80-30)25(41)42)78-28-8(32-84(45,46)47)12(36)11(35)5(73-28)2-70-87(54,55)56/h5-24,27-40H,2-4H2,1H3,(H,41,42)(H,43,44)(H,45,46,47)(H,48,49,50)(H,51,52,53)(H,54,55,56)(H,57,58,59)(H,60,61,62)(H,63,64,65)(H,66,67,68)/t5-,6-,7-,8-,9-,10-,11-,12-,13-,14-,15+,16+,17-,18-,19-,20+,21+,22-,23+,24-,27+,28-,29-,30-,31-/m1/s1/i1D3,2D2,3D2,4D2,5D,6D,7D,8D,9D,10D,11D,12D,13D,14D,15D,16D,17D,18D,19D,20D,21D,22D,23D,24D,27D,28D,29D,30D,31D,35D,36D,37D,38D,39D,40D/hD3. The van der Waals surface area contributed by atoms with E-state index in [1.165, 1.54) is 0 Å². The van der Waals surface area contributed by atoms with Crippen molar-refractivity contribution in [1.29, 1.82) is 8.59 Å². The summed E-state index contributed by atoms with van der Waals surface area (Å²) >= 11 is 0. The minimum absolute atomic E-state index is 2.41. The number of aliphatic hydroxyl groups is 6. The molecule has 0 bridgehead atoms. The van der Waals surface area contributed by atoms with Gasteiger partial charge in [-0.25, -0.2) is 30.5 Å². The van der Waals surface area contributed by atoms with Crippen LogP contribution in [0.25, 0.3) is 0 Å². The van der Waals surface area contributed by atoms with Gasteiger partial charge < -0.3 is 88.2 Å². The summed E-state index contributed by atoms with van der Waals surface area (Å²) in [5, 5.41) is 44.1. The molecule has 0 aromatic rings. The molecule has 91 heavy (non-hydrogen) atoms. The fraction of sp³-hybridized carbons (Fsp3) is 0.935. The summed E-state index contributed by atoms with van der Waals surface area (Å²) in [4.78, 5) is 28.2. The Kier molecular flexibility index (Phi) is 12.1. The number of carboxylic acids is 2. The van der Waals surface area contributed by atoms with E-state index in [0.29, 0.717) is 0 Å². The molecule has 5 fully saturated rings. The third kappa shape index (κ3) is 22.9. The van der Waals surface area contributed by atoms with Crippen molar-refractivity contribution in [3.8, 4) is 0 Å². The predicted octanol–water partition coefficient (Wildman–Crippen LogP) is -13.8. The first-order chi connectivity index (χ1) is 58.1. The minimum Gasteiger partial charge on any atom is -0.479 e. The molecule has 0 unspecified atom stereocenters. The molecule has 5 rings (SSSR count). The normalized spacial score (nSPS) is 66.4. The van der Waals surface area contributed by atoms with Crippen molar-refractivity contribution in [2.75, 3.05) is 26.7 Å². The summed E-state index contributed by atoms with van der Waals surface area (Å²) in [5.41, 5.74) is 0. The van der Waals surface area contributed by atoms with Gasteiger partial charge in [0.15, 0.2) is 49.6 Å². The number of carboxylic acid groups (broad SMARTS) is 2. The van der Waals surface area contributed by atoms with Crippen LogP contribution in [-0.2, 0) is 161 Å². The molecule has 0 aliphatic carbocycles. The molecule has 52 nitrogen and oxygen atoms in total. The van der Waals surface area contributed by atoms with Gasteiger partial charge in [-0.05, 0) is 0 Å². The molecule has 19 N–H and O–H groups in total. The largest absolute Gasteiger partial charge is 0.479 e. The van der Waals surface area contributed by atoms with Gasteiger partial charge in [-0.3, -0.25) is 36.4 Å². The van der Waals surface area contributed by atoms with Crippen molar-refractivity contribution < 1.29 is 273 Å². The fourth-order valence-corrected chi connectivity index (χ4v) is 7.65. The first-order valence-corrected chi connectivity index (χ1v) is 30.6. The highest BCUT2D eigenvalue weighted by molar-refractivity contribution is 7.84. The Morgan fingerprint density at radius 2 is 0.791 bits per heavy atom. The third-order valence-corrected chi connectivity index (χ3v) is 10.9. The van der Waals surface area contributed by atoms with Crippen LogP contribution in [0.5, 0.6) is 0 Å². The second-order valence-corrected chi connectivity index (χ2v) is 22.5. The lowest BCUT2D eigenvalue weighted by Crippen LogP contribution is -2.71. The van der Waals surface area contributed by atoms with Gasteiger partial charge in [-0.2, -0.15) is 81.5 Å². The molecule has 25 atom stereocenters. The molecule has 534 valence electrons. The van der Waals surface area contributed by atoms with Crippen LogP contribution in [0.15, 0.2) is 0 Å². The summed E-state index contributed by atoms with van der Waals surface area (Å²) < 4.78 is 717. The Bertz CT molecular complexity index is 5660. The number of methoxy groups -OCH3 is 1. The zero-order valence-electron chi connectivity index (χ0n) is 83.5.